The van der Waals surface area contributed by atoms with Gasteiger partial charge in [-0.15, -0.1) is 0 Å². The van der Waals surface area contributed by atoms with Crippen molar-refractivity contribution in [2.24, 2.45) is 0 Å². The van der Waals surface area contributed by atoms with Crippen molar-refractivity contribution in [2.45, 2.75) is 33.3 Å². The van der Waals surface area contributed by atoms with Crippen molar-refractivity contribution in [1.29, 1.82) is 5.26 Å². The SMILES string of the molecule is Cc1cc(-c2ccccc2OC(C)(C)C)c(C#N)c(=O)[nH]1. The topological polar surface area (TPSA) is 65.9 Å². The van der Waals surface area contributed by atoms with E-state index in [1.54, 1.807) is 13.0 Å². The van der Waals surface area contributed by atoms with E-state index in [4.69, 9.17) is 4.74 Å². The Morgan fingerprint density at radius 1 is 1.19 bits per heavy atom. The predicted octanol–water partition coefficient (Wildman–Crippen LogP) is 3.40. The molecule has 0 aliphatic heterocycles. The van der Waals surface area contributed by atoms with Gasteiger partial charge in [-0.05, 0) is 39.8 Å². The van der Waals surface area contributed by atoms with Gasteiger partial charge in [-0.2, -0.15) is 5.26 Å². The molecular weight excluding hydrogens is 264 g/mol. The highest BCUT2D eigenvalue weighted by Crippen LogP contribution is 2.33. The molecule has 0 saturated carbocycles. The van der Waals surface area contributed by atoms with Gasteiger partial charge in [-0.25, -0.2) is 0 Å². The molecule has 108 valence electrons. The number of benzene rings is 1. The van der Waals surface area contributed by atoms with Gasteiger partial charge in [-0.1, -0.05) is 18.2 Å². The second kappa shape index (κ2) is 5.45. The number of hydrogen-bond acceptors (Lipinski definition) is 3. The van der Waals surface area contributed by atoms with Crippen molar-refractivity contribution in [3.63, 3.8) is 0 Å². The van der Waals surface area contributed by atoms with E-state index in [2.05, 4.69) is 4.98 Å². The van der Waals surface area contributed by atoms with Gasteiger partial charge >= 0.3 is 0 Å². The van der Waals surface area contributed by atoms with Gasteiger partial charge in [0, 0.05) is 16.8 Å². The van der Waals surface area contributed by atoms with Gasteiger partial charge in [0.2, 0.25) is 0 Å². The van der Waals surface area contributed by atoms with Crippen LogP contribution in [-0.4, -0.2) is 10.6 Å². The summed E-state index contributed by atoms with van der Waals surface area (Å²) < 4.78 is 5.94. The van der Waals surface area contributed by atoms with E-state index in [1.807, 2.05) is 51.1 Å². The first-order chi connectivity index (χ1) is 9.81. The van der Waals surface area contributed by atoms with E-state index in [1.165, 1.54) is 0 Å². The third-order valence-electron chi connectivity index (χ3n) is 2.87. The van der Waals surface area contributed by atoms with E-state index in [0.29, 0.717) is 17.0 Å². The maximum absolute atomic E-state index is 11.9. The molecule has 0 aliphatic rings. The summed E-state index contributed by atoms with van der Waals surface area (Å²) in [5, 5.41) is 9.26. The third-order valence-corrected chi connectivity index (χ3v) is 2.87. The molecule has 21 heavy (non-hydrogen) atoms. The summed E-state index contributed by atoms with van der Waals surface area (Å²) >= 11 is 0. The largest absolute Gasteiger partial charge is 0.488 e. The second-order valence-electron chi connectivity index (χ2n) is 5.89. The third kappa shape index (κ3) is 3.32. The molecule has 0 atom stereocenters. The Morgan fingerprint density at radius 2 is 1.86 bits per heavy atom. The fraction of sp³-hybridized carbons (Fsp3) is 0.294. The molecule has 2 rings (SSSR count). The highest BCUT2D eigenvalue weighted by atomic mass is 16.5. The van der Waals surface area contributed by atoms with Crippen LogP contribution in [0.25, 0.3) is 11.1 Å². The normalized spacial score (nSPS) is 11.0. The molecule has 0 bridgehead atoms. The number of ether oxygens (including phenoxy) is 1. The lowest BCUT2D eigenvalue weighted by molar-refractivity contribution is 0.132. The number of nitrogens with zero attached hydrogens (tertiary/aromatic N) is 1. The number of aryl methyl sites for hydroxylation is 1. The zero-order valence-corrected chi connectivity index (χ0v) is 12.7. The lowest BCUT2D eigenvalue weighted by Gasteiger charge is -2.23. The van der Waals surface area contributed by atoms with Crippen LogP contribution in [0.3, 0.4) is 0 Å². The zero-order valence-electron chi connectivity index (χ0n) is 12.7. The minimum Gasteiger partial charge on any atom is -0.488 e. The Hall–Kier alpha value is -2.54. The number of hydrogen-bond donors (Lipinski definition) is 1. The van der Waals surface area contributed by atoms with E-state index in [-0.39, 0.29) is 16.7 Å². The van der Waals surface area contributed by atoms with Crippen LogP contribution in [0.2, 0.25) is 0 Å². The molecule has 2 aromatic rings. The number of para-hydroxylation sites is 1. The van der Waals surface area contributed by atoms with Crippen molar-refractivity contribution in [1.82, 2.24) is 4.98 Å². The molecule has 1 aromatic heterocycles. The van der Waals surface area contributed by atoms with Gasteiger partial charge < -0.3 is 9.72 Å². The Labute approximate surface area is 124 Å². The Balaban J connectivity index is 2.69. The number of aromatic amines is 1. The van der Waals surface area contributed by atoms with Gasteiger partial charge in [0.25, 0.3) is 5.56 Å². The van der Waals surface area contributed by atoms with E-state index < -0.39 is 0 Å². The molecule has 0 amide bonds. The Bertz CT molecular complexity index is 762. The summed E-state index contributed by atoms with van der Waals surface area (Å²) in [4.78, 5) is 14.6. The monoisotopic (exact) mass is 282 g/mol. The molecule has 0 radical (unpaired) electrons. The van der Waals surface area contributed by atoms with Crippen LogP contribution in [0.1, 0.15) is 32.0 Å². The van der Waals surface area contributed by atoms with Gasteiger partial charge in [-0.3, -0.25) is 4.79 Å². The maximum atomic E-state index is 11.9. The van der Waals surface area contributed by atoms with Crippen LogP contribution in [0.4, 0.5) is 0 Å². The lowest BCUT2D eigenvalue weighted by Crippen LogP contribution is -2.23. The van der Waals surface area contributed by atoms with Crippen LogP contribution in [0.15, 0.2) is 35.1 Å². The molecule has 4 nitrogen and oxygen atoms in total. The number of aromatic nitrogens is 1. The first-order valence-corrected chi connectivity index (χ1v) is 6.74. The van der Waals surface area contributed by atoms with E-state index >= 15 is 0 Å². The summed E-state index contributed by atoms with van der Waals surface area (Å²) in [7, 11) is 0. The average molecular weight is 282 g/mol. The fourth-order valence-corrected chi connectivity index (χ4v) is 2.12. The minimum atomic E-state index is -0.377. The van der Waals surface area contributed by atoms with Crippen LogP contribution in [0, 0.1) is 18.3 Å². The fourth-order valence-electron chi connectivity index (χ4n) is 2.12. The quantitative estimate of drug-likeness (QED) is 0.918. The van der Waals surface area contributed by atoms with Gasteiger partial charge in [0.1, 0.15) is 23.0 Å². The molecule has 1 N–H and O–H groups in total. The molecular formula is C17H18N2O2. The van der Waals surface area contributed by atoms with Crippen molar-refractivity contribution in [2.75, 3.05) is 0 Å². The van der Waals surface area contributed by atoms with E-state index in [9.17, 15) is 10.1 Å². The lowest BCUT2D eigenvalue weighted by atomic mass is 10.00. The summed E-state index contributed by atoms with van der Waals surface area (Å²) in [6, 6.07) is 11.2. The number of nitriles is 1. The molecule has 0 aliphatic carbocycles. The Morgan fingerprint density at radius 3 is 2.48 bits per heavy atom. The number of rotatable bonds is 2. The Kier molecular flexibility index (Phi) is 3.86. The number of H-pyrrole nitrogens is 1. The van der Waals surface area contributed by atoms with Crippen molar-refractivity contribution < 1.29 is 4.74 Å². The molecule has 0 unspecified atom stereocenters. The molecule has 4 heteroatoms. The highest BCUT2D eigenvalue weighted by Gasteiger charge is 2.18. The zero-order chi connectivity index (χ0) is 15.6. The number of nitrogens with one attached hydrogen (secondary N) is 1. The molecule has 1 heterocycles. The summed E-state index contributed by atoms with van der Waals surface area (Å²) in [6.07, 6.45) is 0. The van der Waals surface area contributed by atoms with E-state index in [0.717, 1.165) is 5.56 Å². The predicted molar refractivity (Wildman–Crippen MR) is 82.3 cm³/mol. The molecule has 0 saturated heterocycles. The summed E-state index contributed by atoms with van der Waals surface area (Å²) in [6.45, 7) is 7.66. The first kappa shape index (κ1) is 14.9. The minimum absolute atomic E-state index is 0.102. The summed E-state index contributed by atoms with van der Waals surface area (Å²) in [5.74, 6) is 0.659. The van der Waals surface area contributed by atoms with Crippen LogP contribution in [0.5, 0.6) is 5.75 Å². The molecule has 0 spiro atoms. The van der Waals surface area contributed by atoms with Crippen LogP contribution >= 0.6 is 0 Å². The van der Waals surface area contributed by atoms with Gasteiger partial charge in [0.05, 0.1) is 0 Å². The molecule has 0 fully saturated rings. The first-order valence-electron chi connectivity index (χ1n) is 6.74. The van der Waals surface area contributed by atoms with Crippen molar-refractivity contribution in [3.05, 3.63) is 51.9 Å². The smallest absolute Gasteiger partial charge is 0.266 e. The number of pyridine rings is 1. The van der Waals surface area contributed by atoms with Gasteiger partial charge in [0.15, 0.2) is 0 Å². The molecule has 1 aromatic carbocycles. The average Bonchev–Trinajstić information content (AvgIpc) is 2.36. The van der Waals surface area contributed by atoms with Crippen LogP contribution in [-0.2, 0) is 0 Å². The maximum Gasteiger partial charge on any atom is 0.266 e. The second-order valence-corrected chi connectivity index (χ2v) is 5.89. The highest BCUT2D eigenvalue weighted by molar-refractivity contribution is 5.75. The van der Waals surface area contributed by atoms with Crippen molar-refractivity contribution >= 4 is 0 Å². The van der Waals surface area contributed by atoms with Crippen molar-refractivity contribution in [3.8, 4) is 22.9 Å². The standard InChI is InChI=1S/C17H18N2O2/c1-11-9-13(14(10-18)16(20)19-11)12-7-5-6-8-15(12)21-17(2,3)4/h5-9H,1-4H3,(H,19,20). The summed E-state index contributed by atoms with van der Waals surface area (Å²) in [5.41, 5.74) is 1.42. The van der Waals surface area contributed by atoms with Crippen LogP contribution < -0.4 is 10.3 Å².